The summed E-state index contributed by atoms with van der Waals surface area (Å²) >= 11 is 5.98. The fraction of sp³-hybridized carbons (Fsp3) is 0.267. The quantitative estimate of drug-likeness (QED) is 0.763. The minimum Gasteiger partial charge on any atom is -0.326 e. The first kappa shape index (κ1) is 12.9. The van der Waals surface area contributed by atoms with Crippen LogP contribution in [0.2, 0.25) is 0 Å². The normalized spacial score (nSPS) is 10.4. The summed E-state index contributed by atoms with van der Waals surface area (Å²) in [5, 5.41) is 0. The van der Waals surface area contributed by atoms with Crippen LogP contribution in [0.15, 0.2) is 42.6 Å². The van der Waals surface area contributed by atoms with Crippen LogP contribution < -0.4 is 4.90 Å². The van der Waals surface area contributed by atoms with Crippen molar-refractivity contribution in [3.05, 3.63) is 53.7 Å². The molecule has 2 nitrogen and oxygen atoms in total. The zero-order chi connectivity index (χ0) is 13.0. The number of aryl methyl sites for hydroxylation is 1. The highest BCUT2D eigenvalue weighted by molar-refractivity contribution is 6.17. The predicted octanol–water partition coefficient (Wildman–Crippen LogP) is 4.29. The van der Waals surface area contributed by atoms with Crippen molar-refractivity contribution < 1.29 is 0 Å². The van der Waals surface area contributed by atoms with Crippen molar-refractivity contribution in [2.75, 3.05) is 11.4 Å². The number of halogens is 1. The Balaban J connectivity index is 2.41. The molecular formula is C15H17ClN2. The van der Waals surface area contributed by atoms with Gasteiger partial charge < -0.3 is 4.90 Å². The summed E-state index contributed by atoms with van der Waals surface area (Å²) in [4.78, 5) is 6.64. The van der Waals surface area contributed by atoms with E-state index in [0.29, 0.717) is 5.88 Å². The molecule has 1 aromatic carbocycles. The van der Waals surface area contributed by atoms with Gasteiger partial charge in [-0.05, 0) is 32.0 Å². The molecule has 94 valence electrons. The van der Waals surface area contributed by atoms with Crippen LogP contribution in [0.1, 0.15) is 18.1 Å². The summed E-state index contributed by atoms with van der Waals surface area (Å²) in [6, 6.07) is 12.4. The van der Waals surface area contributed by atoms with E-state index < -0.39 is 0 Å². The molecule has 0 spiro atoms. The van der Waals surface area contributed by atoms with Crippen molar-refractivity contribution in [1.82, 2.24) is 4.98 Å². The SMILES string of the molecule is CCN(c1ccc(C)cc1)c1ncccc1CCl. The summed E-state index contributed by atoms with van der Waals surface area (Å²) in [5.41, 5.74) is 3.46. The Morgan fingerprint density at radius 1 is 1.17 bits per heavy atom. The maximum Gasteiger partial charge on any atom is 0.137 e. The van der Waals surface area contributed by atoms with Gasteiger partial charge >= 0.3 is 0 Å². The van der Waals surface area contributed by atoms with Gasteiger partial charge in [0.2, 0.25) is 0 Å². The smallest absolute Gasteiger partial charge is 0.137 e. The van der Waals surface area contributed by atoms with E-state index in [0.717, 1.165) is 23.6 Å². The van der Waals surface area contributed by atoms with Gasteiger partial charge in [0, 0.05) is 24.0 Å². The molecule has 0 radical (unpaired) electrons. The minimum absolute atomic E-state index is 0.478. The highest BCUT2D eigenvalue weighted by atomic mass is 35.5. The molecule has 0 saturated carbocycles. The Bertz CT molecular complexity index is 508. The topological polar surface area (TPSA) is 16.1 Å². The number of anilines is 2. The van der Waals surface area contributed by atoms with E-state index in [2.05, 4.69) is 48.0 Å². The van der Waals surface area contributed by atoms with E-state index in [4.69, 9.17) is 11.6 Å². The number of alkyl halides is 1. The second-order valence-electron chi connectivity index (χ2n) is 4.20. The highest BCUT2D eigenvalue weighted by Gasteiger charge is 2.12. The maximum absolute atomic E-state index is 5.98. The van der Waals surface area contributed by atoms with Gasteiger partial charge in [-0.3, -0.25) is 0 Å². The van der Waals surface area contributed by atoms with Crippen molar-refractivity contribution in [1.29, 1.82) is 0 Å². The highest BCUT2D eigenvalue weighted by Crippen LogP contribution is 2.27. The average Bonchev–Trinajstić information content (AvgIpc) is 2.42. The second kappa shape index (κ2) is 5.87. The molecule has 0 fully saturated rings. The van der Waals surface area contributed by atoms with Crippen molar-refractivity contribution in [2.45, 2.75) is 19.7 Å². The Kier molecular flexibility index (Phi) is 4.21. The third-order valence-electron chi connectivity index (χ3n) is 2.93. The second-order valence-corrected chi connectivity index (χ2v) is 4.47. The number of rotatable bonds is 4. The summed E-state index contributed by atoms with van der Waals surface area (Å²) in [6.45, 7) is 5.07. The molecular weight excluding hydrogens is 244 g/mol. The molecule has 0 aliphatic rings. The molecule has 1 heterocycles. The van der Waals surface area contributed by atoms with Crippen molar-refractivity contribution in [3.8, 4) is 0 Å². The van der Waals surface area contributed by atoms with Crippen molar-refractivity contribution in [2.24, 2.45) is 0 Å². The van der Waals surface area contributed by atoms with Crippen molar-refractivity contribution >= 4 is 23.1 Å². The van der Waals surface area contributed by atoms with Gasteiger partial charge in [0.15, 0.2) is 0 Å². The molecule has 2 aromatic rings. The third-order valence-corrected chi connectivity index (χ3v) is 3.22. The first-order valence-corrected chi connectivity index (χ1v) is 6.63. The molecule has 0 saturated heterocycles. The lowest BCUT2D eigenvalue weighted by Crippen LogP contribution is -2.18. The molecule has 2 rings (SSSR count). The summed E-state index contributed by atoms with van der Waals surface area (Å²) in [6.07, 6.45) is 1.81. The number of pyridine rings is 1. The summed E-state index contributed by atoms with van der Waals surface area (Å²) < 4.78 is 0. The van der Waals surface area contributed by atoms with Crippen molar-refractivity contribution in [3.63, 3.8) is 0 Å². The molecule has 0 N–H and O–H groups in total. The lowest BCUT2D eigenvalue weighted by atomic mass is 10.2. The van der Waals surface area contributed by atoms with Gasteiger partial charge in [0.05, 0.1) is 5.88 Å². The van der Waals surface area contributed by atoms with E-state index in [1.54, 1.807) is 0 Å². The standard InChI is InChI=1S/C15H17ClN2/c1-3-18(14-8-6-12(2)7-9-14)15-13(11-16)5-4-10-17-15/h4-10H,3,11H2,1-2H3. The molecule has 0 amide bonds. The molecule has 0 atom stereocenters. The van der Waals surface area contributed by atoms with Crippen LogP contribution in [-0.4, -0.2) is 11.5 Å². The van der Waals surface area contributed by atoms with Crippen LogP contribution in [0.25, 0.3) is 0 Å². The van der Waals surface area contributed by atoms with Crippen LogP contribution in [0, 0.1) is 6.92 Å². The Labute approximate surface area is 113 Å². The number of benzene rings is 1. The van der Waals surface area contributed by atoms with E-state index in [1.807, 2.05) is 18.3 Å². The number of nitrogens with zero attached hydrogens (tertiary/aromatic N) is 2. The fourth-order valence-electron chi connectivity index (χ4n) is 1.96. The van der Waals surface area contributed by atoms with E-state index in [1.165, 1.54) is 5.56 Å². The monoisotopic (exact) mass is 260 g/mol. The van der Waals surface area contributed by atoms with Crippen LogP contribution in [0.5, 0.6) is 0 Å². The largest absolute Gasteiger partial charge is 0.326 e. The van der Waals surface area contributed by atoms with Gasteiger partial charge in [-0.1, -0.05) is 23.8 Å². The molecule has 18 heavy (non-hydrogen) atoms. The van der Waals surface area contributed by atoms with Gasteiger partial charge in [-0.25, -0.2) is 4.98 Å². The molecule has 0 aliphatic carbocycles. The zero-order valence-corrected chi connectivity index (χ0v) is 11.5. The van der Waals surface area contributed by atoms with Gasteiger partial charge in [0.1, 0.15) is 5.82 Å². The minimum atomic E-state index is 0.478. The van der Waals surface area contributed by atoms with Crippen LogP contribution in [-0.2, 0) is 5.88 Å². The van der Waals surface area contributed by atoms with Crippen LogP contribution in [0.3, 0.4) is 0 Å². The Morgan fingerprint density at radius 2 is 1.89 bits per heavy atom. The third kappa shape index (κ3) is 2.65. The zero-order valence-electron chi connectivity index (χ0n) is 10.7. The first-order valence-electron chi connectivity index (χ1n) is 6.10. The lowest BCUT2D eigenvalue weighted by Gasteiger charge is -2.24. The van der Waals surface area contributed by atoms with E-state index in [9.17, 15) is 0 Å². The number of hydrogen-bond donors (Lipinski definition) is 0. The number of aromatic nitrogens is 1. The van der Waals surface area contributed by atoms with Crippen LogP contribution >= 0.6 is 11.6 Å². The number of hydrogen-bond acceptors (Lipinski definition) is 2. The molecule has 0 unspecified atom stereocenters. The summed E-state index contributed by atoms with van der Waals surface area (Å²) in [7, 11) is 0. The fourth-order valence-corrected chi connectivity index (χ4v) is 2.17. The van der Waals surface area contributed by atoms with Gasteiger partial charge in [0.25, 0.3) is 0 Å². The van der Waals surface area contributed by atoms with E-state index >= 15 is 0 Å². The molecule has 3 heteroatoms. The summed E-state index contributed by atoms with van der Waals surface area (Å²) in [5.74, 6) is 1.42. The molecule has 0 bridgehead atoms. The Morgan fingerprint density at radius 3 is 2.50 bits per heavy atom. The van der Waals surface area contributed by atoms with Gasteiger partial charge in [-0.15, -0.1) is 11.6 Å². The molecule has 0 aliphatic heterocycles. The maximum atomic E-state index is 5.98. The van der Waals surface area contributed by atoms with Gasteiger partial charge in [-0.2, -0.15) is 0 Å². The van der Waals surface area contributed by atoms with E-state index in [-0.39, 0.29) is 0 Å². The average molecular weight is 261 g/mol. The predicted molar refractivity (Wildman–Crippen MR) is 77.7 cm³/mol. The van der Waals surface area contributed by atoms with Crippen LogP contribution in [0.4, 0.5) is 11.5 Å². The molecule has 1 aromatic heterocycles. The first-order chi connectivity index (χ1) is 8.76. The lowest BCUT2D eigenvalue weighted by molar-refractivity contribution is 0.976. The Hall–Kier alpha value is -1.54.